The van der Waals surface area contributed by atoms with Crippen LogP contribution in [0.1, 0.15) is 69.2 Å². The van der Waals surface area contributed by atoms with Gasteiger partial charge in [0.25, 0.3) is 5.91 Å². The van der Waals surface area contributed by atoms with E-state index in [9.17, 15) is 4.79 Å². The molecule has 1 aromatic heterocycles. The Bertz CT molecular complexity index is 513. The highest BCUT2D eigenvalue weighted by atomic mass is 16.2. The van der Waals surface area contributed by atoms with Crippen LogP contribution in [0.3, 0.4) is 0 Å². The van der Waals surface area contributed by atoms with Crippen LogP contribution in [0.4, 0.5) is 0 Å². The van der Waals surface area contributed by atoms with Gasteiger partial charge in [-0.05, 0) is 24.2 Å². The Labute approximate surface area is 133 Å². The van der Waals surface area contributed by atoms with Gasteiger partial charge >= 0.3 is 0 Å². The third-order valence-corrected chi connectivity index (χ3v) is 4.40. The maximum Gasteiger partial charge on any atom is 0.272 e. The van der Waals surface area contributed by atoms with Crippen LogP contribution in [0.5, 0.6) is 0 Å². The molecular weight excluding hydrogens is 276 g/mol. The SMILES string of the molecule is CC(C)CCC(NC(=O)c1n[nH]c2c1CNCC2)C(C)(C)C. The summed E-state index contributed by atoms with van der Waals surface area (Å²) in [5, 5.41) is 13.8. The molecule has 22 heavy (non-hydrogen) atoms. The molecule has 0 fully saturated rings. The van der Waals surface area contributed by atoms with Crippen molar-refractivity contribution in [1.82, 2.24) is 20.8 Å². The smallest absolute Gasteiger partial charge is 0.272 e. The highest BCUT2D eigenvalue weighted by molar-refractivity contribution is 5.94. The summed E-state index contributed by atoms with van der Waals surface area (Å²) in [7, 11) is 0. The lowest BCUT2D eigenvalue weighted by atomic mass is 9.82. The van der Waals surface area contributed by atoms with E-state index < -0.39 is 0 Å². The van der Waals surface area contributed by atoms with Gasteiger partial charge in [0, 0.05) is 36.8 Å². The van der Waals surface area contributed by atoms with Crippen molar-refractivity contribution in [2.75, 3.05) is 6.54 Å². The van der Waals surface area contributed by atoms with Crippen LogP contribution < -0.4 is 10.6 Å². The molecule has 5 nitrogen and oxygen atoms in total. The molecule has 0 aromatic carbocycles. The fourth-order valence-corrected chi connectivity index (χ4v) is 2.86. The summed E-state index contributed by atoms with van der Waals surface area (Å²) in [6.45, 7) is 12.6. The number of hydrogen-bond donors (Lipinski definition) is 3. The Balaban J connectivity index is 2.09. The summed E-state index contributed by atoms with van der Waals surface area (Å²) in [5.74, 6) is 0.592. The molecule has 0 spiro atoms. The van der Waals surface area contributed by atoms with Crippen molar-refractivity contribution < 1.29 is 4.79 Å². The van der Waals surface area contributed by atoms with Crippen molar-refractivity contribution in [3.8, 4) is 0 Å². The number of amides is 1. The second-order valence-electron chi connectivity index (χ2n) is 7.82. The third-order valence-electron chi connectivity index (χ3n) is 4.40. The van der Waals surface area contributed by atoms with Gasteiger partial charge in [-0.25, -0.2) is 0 Å². The first-order valence-corrected chi connectivity index (χ1v) is 8.36. The summed E-state index contributed by atoms with van der Waals surface area (Å²) in [5.41, 5.74) is 2.72. The summed E-state index contributed by atoms with van der Waals surface area (Å²) in [4.78, 5) is 12.7. The Morgan fingerprint density at radius 2 is 2.05 bits per heavy atom. The maximum atomic E-state index is 12.7. The van der Waals surface area contributed by atoms with Gasteiger partial charge in [0.2, 0.25) is 0 Å². The average Bonchev–Trinajstić information content (AvgIpc) is 2.85. The quantitative estimate of drug-likeness (QED) is 0.783. The van der Waals surface area contributed by atoms with E-state index in [1.165, 1.54) is 0 Å². The number of hydrogen-bond acceptors (Lipinski definition) is 3. The zero-order valence-electron chi connectivity index (χ0n) is 14.5. The minimum Gasteiger partial charge on any atom is -0.347 e. The van der Waals surface area contributed by atoms with Crippen LogP contribution in [-0.4, -0.2) is 28.7 Å². The zero-order valence-corrected chi connectivity index (χ0v) is 14.5. The van der Waals surface area contributed by atoms with Gasteiger partial charge in [-0.15, -0.1) is 0 Å². The molecule has 1 unspecified atom stereocenters. The second kappa shape index (κ2) is 6.82. The fraction of sp³-hybridized carbons (Fsp3) is 0.765. The number of aromatic nitrogens is 2. The van der Waals surface area contributed by atoms with Crippen LogP contribution in [0, 0.1) is 11.3 Å². The molecule has 5 heteroatoms. The van der Waals surface area contributed by atoms with Gasteiger partial charge in [-0.2, -0.15) is 5.10 Å². The van der Waals surface area contributed by atoms with Crippen LogP contribution in [-0.2, 0) is 13.0 Å². The van der Waals surface area contributed by atoms with Crippen molar-refractivity contribution in [1.29, 1.82) is 0 Å². The summed E-state index contributed by atoms with van der Waals surface area (Å²) < 4.78 is 0. The van der Waals surface area contributed by atoms with E-state index in [1.807, 2.05) is 0 Å². The van der Waals surface area contributed by atoms with Gasteiger partial charge in [-0.1, -0.05) is 34.6 Å². The van der Waals surface area contributed by atoms with E-state index in [0.29, 0.717) is 11.6 Å². The molecule has 1 aromatic rings. The summed E-state index contributed by atoms with van der Waals surface area (Å²) in [6, 6.07) is 0.159. The van der Waals surface area contributed by atoms with Crippen LogP contribution >= 0.6 is 0 Å². The van der Waals surface area contributed by atoms with Crippen LogP contribution in [0.2, 0.25) is 0 Å². The van der Waals surface area contributed by atoms with E-state index in [2.05, 4.69) is 55.4 Å². The standard InChI is InChI=1S/C17H30N4O/c1-11(2)6-7-14(17(3,4)5)19-16(22)15-12-10-18-9-8-13(12)20-21-15/h11,14,18H,6-10H2,1-5H3,(H,19,22)(H,20,21). The molecule has 1 amide bonds. The molecular formula is C17H30N4O. The van der Waals surface area contributed by atoms with Crippen molar-refractivity contribution in [2.45, 2.75) is 66.5 Å². The highest BCUT2D eigenvalue weighted by Crippen LogP contribution is 2.25. The molecule has 0 saturated carbocycles. The van der Waals surface area contributed by atoms with E-state index in [-0.39, 0.29) is 17.4 Å². The number of nitrogens with one attached hydrogen (secondary N) is 3. The molecule has 1 atom stereocenters. The van der Waals surface area contributed by atoms with Crippen molar-refractivity contribution in [3.05, 3.63) is 17.0 Å². The molecule has 1 aliphatic rings. The monoisotopic (exact) mass is 306 g/mol. The fourth-order valence-electron chi connectivity index (χ4n) is 2.86. The lowest BCUT2D eigenvalue weighted by molar-refractivity contribution is 0.0888. The largest absolute Gasteiger partial charge is 0.347 e. The van der Waals surface area contributed by atoms with E-state index >= 15 is 0 Å². The number of fused-ring (bicyclic) bond motifs is 1. The number of carbonyl (C=O) groups is 1. The Morgan fingerprint density at radius 1 is 1.32 bits per heavy atom. The first-order chi connectivity index (χ1) is 10.3. The van der Waals surface area contributed by atoms with Crippen molar-refractivity contribution in [3.63, 3.8) is 0 Å². The topological polar surface area (TPSA) is 69.8 Å². The second-order valence-corrected chi connectivity index (χ2v) is 7.82. The molecule has 2 rings (SSSR count). The van der Waals surface area contributed by atoms with Crippen LogP contribution in [0.15, 0.2) is 0 Å². The molecule has 1 aliphatic heterocycles. The third kappa shape index (κ3) is 4.09. The summed E-state index contributed by atoms with van der Waals surface area (Å²) in [6.07, 6.45) is 3.02. The first-order valence-electron chi connectivity index (χ1n) is 8.36. The highest BCUT2D eigenvalue weighted by Gasteiger charge is 2.29. The number of rotatable bonds is 5. The molecule has 0 aliphatic carbocycles. The molecule has 2 heterocycles. The Hall–Kier alpha value is -1.36. The normalized spacial score (nSPS) is 16.5. The number of carbonyl (C=O) groups excluding carboxylic acids is 1. The van der Waals surface area contributed by atoms with E-state index in [1.54, 1.807) is 0 Å². The average molecular weight is 306 g/mol. The number of nitrogens with zero attached hydrogens (tertiary/aromatic N) is 1. The molecule has 0 bridgehead atoms. The summed E-state index contributed by atoms with van der Waals surface area (Å²) >= 11 is 0. The van der Waals surface area contributed by atoms with Crippen LogP contribution in [0.25, 0.3) is 0 Å². The predicted molar refractivity (Wildman–Crippen MR) is 88.8 cm³/mol. The first kappa shape index (κ1) is 17.0. The minimum absolute atomic E-state index is 0.0408. The minimum atomic E-state index is -0.0510. The predicted octanol–water partition coefficient (Wildman–Crippen LogP) is 2.64. The zero-order chi connectivity index (χ0) is 16.3. The lowest BCUT2D eigenvalue weighted by Crippen LogP contribution is -2.44. The van der Waals surface area contributed by atoms with Gasteiger partial charge in [0.1, 0.15) is 0 Å². The lowest BCUT2D eigenvalue weighted by Gasteiger charge is -2.32. The Morgan fingerprint density at radius 3 is 2.68 bits per heavy atom. The molecule has 124 valence electrons. The van der Waals surface area contributed by atoms with Crippen molar-refractivity contribution in [2.24, 2.45) is 11.3 Å². The van der Waals surface area contributed by atoms with Gasteiger partial charge < -0.3 is 10.6 Å². The van der Waals surface area contributed by atoms with E-state index in [4.69, 9.17) is 0 Å². The Kier molecular flexibility index (Phi) is 5.27. The van der Waals surface area contributed by atoms with Crippen molar-refractivity contribution >= 4 is 5.91 Å². The number of aromatic amines is 1. The van der Waals surface area contributed by atoms with E-state index in [0.717, 1.165) is 43.6 Å². The number of H-pyrrole nitrogens is 1. The molecule has 0 saturated heterocycles. The maximum absolute atomic E-state index is 12.7. The van der Waals surface area contributed by atoms with Gasteiger partial charge in [-0.3, -0.25) is 9.89 Å². The molecule has 0 radical (unpaired) electrons. The molecule has 3 N–H and O–H groups in total. The van der Waals surface area contributed by atoms with Gasteiger partial charge in [0.15, 0.2) is 5.69 Å². The van der Waals surface area contributed by atoms with Gasteiger partial charge in [0.05, 0.1) is 0 Å².